The van der Waals surface area contributed by atoms with Crippen LogP contribution in [-0.2, 0) is 9.59 Å². The summed E-state index contributed by atoms with van der Waals surface area (Å²) >= 11 is 0. The minimum Gasteiger partial charge on any atom is -0.336 e. The fourth-order valence-corrected chi connectivity index (χ4v) is 1.59. The van der Waals surface area contributed by atoms with Gasteiger partial charge in [0, 0.05) is 20.0 Å². The summed E-state index contributed by atoms with van der Waals surface area (Å²) in [6, 6.07) is 0. The van der Waals surface area contributed by atoms with Gasteiger partial charge in [-0.15, -0.1) is 0 Å². The van der Waals surface area contributed by atoms with Crippen molar-refractivity contribution in [3.8, 4) is 0 Å². The van der Waals surface area contributed by atoms with Crippen LogP contribution in [0, 0.1) is 5.92 Å². The third kappa shape index (κ3) is 2.52. The molecule has 1 heterocycles. The Morgan fingerprint density at radius 1 is 1.38 bits per heavy atom. The second kappa shape index (κ2) is 4.37. The lowest BCUT2D eigenvalue weighted by Gasteiger charge is -2.30. The Labute approximate surface area is 78.1 Å². The highest BCUT2D eigenvalue weighted by atomic mass is 16.2. The van der Waals surface area contributed by atoms with E-state index in [4.69, 9.17) is 5.73 Å². The molecule has 4 nitrogen and oxygen atoms in total. The van der Waals surface area contributed by atoms with Gasteiger partial charge in [-0.25, -0.2) is 0 Å². The van der Waals surface area contributed by atoms with Crippen LogP contribution >= 0.6 is 0 Å². The summed E-state index contributed by atoms with van der Waals surface area (Å²) in [6.07, 6.45) is 1.85. The number of ketones is 1. The Hall–Kier alpha value is -0.900. The van der Waals surface area contributed by atoms with Crippen molar-refractivity contribution in [2.45, 2.75) is 19.8 Å². The Morgan fingerprint density at radius 3 is 2.31 bits per heavy atom. The lowest BCUT2D eigenvalue weighted by atomic mass is 9.97. The van der Waals surface area contributed by atoms with Crippen molar-refractivity contribution in [2.24, 2.45) is 11.7 Å². The highest BCUT2D eigenvalue weighted by Crippen LogP contribution is 2.15. The maximum absolute atomic E-state index is 11.2. The van der Waals surface area contributed by atoms with Gasteiger partial charge in [-0.2, -0.15) is 0 Å². The molecule has 1 aliphatic rings. The second-order valence-corrected chi connectivity index (χ2v) is 3.53. The lowest BCUT2D eigenvalue weighted by molar-refractivity contribution is -0.144. The number of rotatable bonds is 2. The predicted molar refractivity (Wildman–Crippen MR) is 49.0 cm³/mol. The lowest BCUT2D eigenvalue weighted by Crippen LogP contribution is -2.42. The minimum absolute atomic E-state index is 0.351. The van der Waals surface area contributed by atoms with E-state index < -0.39 is 0 Å². The molecule has 1 amide bonds. The summed E-state index contributed by atoms with van der Waals surface area (Å²) in [6.45, 7) is 3.36. The number of Topliss-reactive ketones (excluding diaryl/α,β-unsaturated/α-hetero) is 1. The van der Waals surface area contributed by atoms with Gasteiger partial charge >= 0.3 is 0 Å². The van der Waals surface area contributed by atoms with Crippen molar-refractivity contribution in [1.82, 2.24) is 4.90 Å². The first-order valence-corrected chi connectivity index (χ1v) is 4.65. The molecule has 13 heavy (non-hydrogen) atoms. The number of amides is 1. The van der Waals surface area contributed by atoms with Crippen LogP contribution in [-0.4, -0.2) is 36.2 Å². The summed E-state index contributed by atoms with van der Waals surface area (Å²) in [5.74, 6) is -0.197. The molecule has 0 unspecified atom stereocenters. The fraction of sp³-hybridized carbons (Fsp3) is 0.778. The zero-order valence-electron chi connectivity index (χ0n) is 7.95. The molecule has 74 valence electrons. The number of piperidine rings is 1. The summed E-state index contributed by atoms with van der Waals surface area (Å²) in [5.41, 5.74) is 5.51. The van der Waals surface area contributed by atoms with Crippen LogP contribution in [0.15, 0.2) is 0 Å². The number of carbonyl (C=O) groups excluding carboxylic acids is 2. The van der Waals surface area contributed by atoms with E-state index >= 15 is 0 Å². The number of likely N-dealkylation sites (tertiary alicyclic amines) is 1. The summed E-state index contributed by atoms with van der Waals surface area (Å²) in [7, 11) is 0. The standard InChI is InChI=1S/C9H16N2O2/c1-7(12)9(13)11-4-2-8(6-10)3-5-11/h8H,2-6,10H2,1H3. The maximum Gasteiger partial charge on any atom is 0.289 e. The fourth-order valence-electron chi connectivity index (χ4n) is 1.59. The number of nitrogens with two attached hydrogens (primary N) is 1. The molecule has 1 saturated heterocycles. The molecule has 1 fully saturated rings. The molecular weight excluding hydrogens is 168 g/mol. The summed E-state index contributed by atoms with van der Waals surface area (Å²) < 4.78 is 0. The van der Waals surface area contributed by atoms with E-state index in [1.54, 1.807) is 4.90 Å². The van der Waals surface area contributed by atoms with E-state index in [0.29, 0.717) is 25.6 Å². The van der Waals surface area contributed by atoms with Gasteiger partial charge in [-0.05, 0) is 25.3 Å². The van der Waals surface area contributed by atoms with Crippen LogP contribution in [0.4, 0.5) is 0 Å². The van der Waals surface area contributed by atoms with Crippen molar-refractivity contribution in [3.63, 3.8) is 0 Å². The first-order chi connectivity index (χ1) is 6.15. The molecule has 4 heteroatoms. The van der Waals surface area contributed by atoms with Crippen LogP contribution in [0.5, 0.6) is 0 Å². The van der Waals surface area contributed by atoms with Crippen LogP contribution in [0.2, 0.25) is 0 Å². The first kappa shape index (κ1) is 10.2. The van der Waals surface area contributed by atoms with Gasteiger partial charge in [-0.3, -0.25) is 9.59 Å². The Balaban J connectivity index is 2.41. The molecule has 0 aromatic rings. The highest BCUT2D eigenvalue weighted by molar-refractivity contribution is 6.35. The molecular formula is C9H16N2O2. The monoisotopic (exact) mass is 184 g/mol. The summed E-state index contributed by atoms with van der Waals surface area (Å²) in [5, 5.41) is 0. The van der Waals surface area contributed by atoms with Gasteiger partial charge in [-0.1, -0.05) is 0 Å². The van der Waals surface area contributed by atoms with Gasteiger partial charge in [0.05, 0.1) is 0 Å². The Kier molecular flexibility index (Phi) is 3.42. The third-order valence-electron chi connectivity index (χ3n) is 2.54. The third-order valence-corrected chi connectivity index (χ3v) is 2.54. The topological polar surface area (TPSA) is 63.4 Å². The van der Waals surface area contributed by atoms with Gasteiger partial charge < -0.3 is 10.6 Å². The van der Waals surface area contributed by atoms with Gasteiger partial charge in [0.25, 0.3) is 5.91 Å². The number of hydrogen-bond donors (Lipinski definition) is 1. The maximum atomic E-state index is 11.2. The molecule has 0 atom stereocenters. The van der Waals surface area contributed by atoms with E-state index in [2.05, 4.69) is 0 Å². The van der Waals surface area contributed by atoms with Crippen molar-refractivity contribution < 1.29 is 9.59 Å². The molecule has 1 rings (SSSR count). The number of nitrogens with zero attached hydrogens (tertiary/aromatic N) is 1. The average molecular weight is 184 g/mol. The minimum atomic E-state index is -0.369. The normalized spacial score (nSPS) is 18.8. The zero-order valence-corrected chi connectivity index (χ0v) is 7.95. The number of hydrogen-bond acceptors (Lipinski definition) is 3. The van der Waals surface area contributed by atoms with Crippen LogP contribution in [0.3, 0.4) is 0 Å². The van der Waals surface area contributed by atoms with Gasteiger partial charge in [0.15, 0.2) is 0 Å². The Bertz CT molecular complexity index is 208. The Morgan fingerprint density at radius 2 is 1.92 bits per heavy atom. The van der Waals surface area contributed by atoms with Gasteiger partial charge in [0.1, 0.15) is 0 Å². The smallest absolute Gasteiger partial charge is 0.289 e. The largest absolute Gasteiger partial charge is 0.336 e. The first-order valence-electron chi connectivity index (χ1n) is 4.65. The van der Waals surface area contributed by atoms with Crippen molar-refractivity contribution in [3.05, 3.63) is 0 Å². The number of carbonyl (C=O) groups is 2. The van der Waals surface area contributed by atoms with E-state index in [1.165, 1.54) is 6.92 Å². The van der Waals surface area contributed by atoms with Crippen molar-refractivity contribution in [1.29, 1.82) is 0 Å². The molecule has 0 radical (unpaired) electrons. The molecule has 0 spiro atoms. The molecule has 0 aromatic heterocycles. The highest BCUT2D eigenvalue weighted by Gasteiger charge is 2.23. The average Bonchev–Trinajstić information content (AvgIpc) is 2.17. The molecule has 0 bridgehead atoms. The second-order valence-electron chi connectivity index (χ2n) is 3.53. The quantitative estimate of drug-likeness (QED) is 0.603. The summed E-state index contributed by atoms with van der Waals surface area (Å²) in [4.78, 5) is 23.6. The SMILES string of the molecule is CC(=O)C(=O)N1CCC(CN)CC1. The van der Waals surface area contributed by atoms with E-state index in [0.717, 1.165) is 12.8 Å². The van der Waals surface area contributed by atoms with Crippen molar-refractivity contribution in [2.75, 3.05) is 19.6 Å². The predicted octanol–water partition coefficient (Wildman–Crippen LogP) is -0.227. The zero-order chi connectivity index (χ0) is 9.84. The van der Waals surface area contributed by atoms with E-state index in [1.807, 2.05) is 0 Å². The van der Waals surface area contributed by atoms with E-state index in [9.17, 15) is 9.59 Å². The molecule has 1 aliphatic heterocycles. The van der Waals surface area contributed by atoms with E-state index in [-0.39, 0.29) is 11.7 Å². The molecule has 0 aliphatic carbocycles. The molecule has 0 saturated carbocycles. The van der Waals surface area contributed by atoms with Crippen LogP contribution < -0.4 is 5.73 Å². The van der Waals surface area contributed by atoms with Crippen molar-refractivity contribution >= 4 is 11.7 Å². The van der Waals surface area contributed by atoms with Crippen LogP contribution in [0.1, 0.15) is 19.8 Å². The van der Waals surface area contributed by atoms with Gasteiger partial charge in [0.2, 0.25) is 5.78 Å². The molecule has 0 aromatic carbocycles. The van der Waals surface area contributed by atoms with Crippen LogP contribution in [0.25, 0.3) is 0 Å². The molecule has 2 N–H and O–H groups in total.